The summed E-state index contributed by atoms with van der Waals surface area (Å²) >= 11 is 3.02. The Balaban J connectivity index is 1.72. The lowest BCUT2D eigenvalue weighted by Crippen LogP contribution is -2.36. The van der Waals surface area contributed by atoms with Crippen LogP contribution in [0.3, 0.4) is 0 Å². The van der Waals surface area contributed by atoms with Crippen molar-refractivity contribution in [1.29, 1.82) is 0 Å². The maximum absolute atomic E-state index is 12.5. The van der Waals surface area contributed by atoms with E-state index in [1.807, 2.05) is 49.4 Å². The molecule has 3 amide bonds. The molecule has 2 aromatic carbocycles. The number of hydrogen-bond donors (Lipinski definition) is 1. The van der Waals surface area contributed by atoms with Crippen LogP contribution >= 0.6 is 34.4 Å². The summed E-state index contributed by atoms with van der Waals surface area (Å²) in [7, 11) is 0. The topological polar surface area (TPSA) is 66.5 Å². The summed E-state index contributed by atoms with van der Waals surface area (Å²) in [5, 5.41) is 2.30. The third-order valence-electron chi connectivity index (χ3n) is 3.79. The number of nitrogens with one attached hydrogen (secondary N) is 1. The zero-order chi connectivity index (χ0) is 18.7. The van der Waals surface area contributed by atoms with Gasteiger partial charge in [0.25, 0.3) is 11.1 Å². The van der Waals surface area contributed by atoms with E-state index in [-0.39, 0.29) is 6.54 Å². The molecule has 132 valence electrons. The molecular formula is C19H15IN2O3S. The van der Waals surface area contributed by atoms with Crippen molar-refractivity contribution in [3.8, 4) is 0 Å². The maximum atomic E-state index is 12.5. The Kier molecular flexibility index (Phi) is 5.77. The van der Waals surface area contributed by atoms with Gasteiger partial charge in [-0.2, -0.15) is 0 Å². The highest BCUT2D eigenvalue weighted by Gasteiger charge is 2.36. The van der Waals surface area contributed by atoms with Crippen molar-refractivity contribution in [3.63, 3.8) is 0 Å². The molecule has 5 nitrogen and oxygen atoms in total. The quantitative estimate of drug-likeness (QED) is 0.527. The van der Waals surface area contributed by atoms with E-state index in [2.05, 4.69) is 27.9 Å². The third kappa shape index (κ3) is 4.16. The van der Waals surface area contributed by atoms with Crippen LogP contribution < -0.4 is 5.32 Å². The van der Waals surface area contributed by atoms with Gasteiger partial charge in [-0.05, 0) is 70.6 Å². The number of thioether (sulfide) groups is 1. The van der Waals surface area contributed by atoms with E-state index in [1.54, 1.807) is 12.1 Å². The second-order valence-corrected chi connectivity index (χ2v) is 7.81. The second-order valence-electron chi connectivity index (χ2n) is 5.65. The molecule has 0 saturated carbocycles. The van der Waals surface area contributed by atoms with Crippen LogP contribution in [0.2, 0.25) is 0 Å². The monoisotopic (exact) mass is 478 g/mol. The fourth-order valence-electron chi connectivity index (χ4n) is 2.42. The fourth-order valence-corrected chi connectivity index (χ4v) is 3.79. The predicted molar refractivity (Wildman–Crippen MR) is 112 cm³/mol. The Morgan fingerprint density at radius 1 is 1.15 bits per heavy atom. The highest BCUT2D eigenvalue weighted by molar-refractivity contribution is 14.1. The molecule has 1 aliphatic rings. The summed E-state index contributed by atoms with van der Waals surface area (Å²) in [6, 6.07) is 14.9. The van der Waals surface area contributed by atoms with Gasteiger partial charge in [-0.25, -0.2) is 0 Å². The second kappa shape index (κ2) is 8.05. The molecular weight excluding hydrogens is 463 g/mol. The number of carbonyl (C=O) groups excluding carboxylic acids is 3. The van der Waals surface area contributed by atoms with Crippen LogP contribution in [0.25, 0.3) is 6.08 Å². The van der Waals surface area contributed by atoms with Crippen molar-refractivity contribution < 1.29 is 14.4 Å². The van der Waals surface area contributed by atoms with E-state index in [0.29, 0.717) is 10.6 Å². The number of rotatable bonds is 4. The first kappa shape index (κ1) is 18.7. The number of carbonyl (C=O) groups is 3. The molecule has 0 atom stereocenters. The van der Waals surface area contributed by atoms with E-state index in [4.69, 9.17) is 0 Å². The molecule has 0 bridgehead atoms. The first-order valence-corrected chi connectivity index (χ1v) is 9.70. The molecule has 1 saturated heterocycles. The van der Waals surface area contributed by atoms with Crippen LogP contribution in [0, 0.1) is 10.5 Å². The molecule has 0 unspecified atom stereocenters. The van der Waals surface area contributed by atoms with Crippen molar-refractivity contribution >= 4 is 63.2 Å². The van der Waals surface area contributed by atoms with Crippen molar-refractivity contribution in [1.82, 2.24) is 4.90 Å². The Morgan fingerprint density at radius 2 is 1.85 bits per heavy atom. The Bertz CT molecular complexity index is 927. The Morgan fingerprint density at radius 3 is 2.58 bits per heavy atom. The number of benzene rings is 2. The van der Waals surface area contributed by atoms with Crippen LogP contribution in [0.5, 0.6) is 0 Å². The normalized spacial score (nSPS) is 15.6. The zero-order valence-electron chi connectivity index (χ0n) is 13.9. The number of halogens is 1. The summed E-state index contributed by atoms with van der Waals surface area (Å²) in [4.78, 5) is 38.2. The molecule has 1 heterocycles. The summed E-state index contributed by atoms with van der Waals surface area (Å²) in [5.41, 5.74) is 2.44. The Labute approximate surface area is 169 Å². The van der Waals surface area contributed by atoms with Gasteiger partial charge in [0, 0.05) is 9.26 Å². The minimum absolute atomic E-state index is 0.303. The highest BCUT2D eigenvalue weighted by Crippen LogP contribution is 2.32. The number of imide groups is 1. The van der Waals surface area contributed by atoms with Gasteiger partial charge in [0.05, 0.1) is 4.91 Å². The van der Waals surface area contributed by atoms with E-state index in [0.717, 1.165) is 31.4 Å². The molecule has 1 fully saturated rings. The molecule has 0 aromatic heterocycles. The average Bonchev–Trinajstić information content (AvgIpc) is 2.86. The van der Waals surface area contributed by atoms with Crippen LogP contribution in [0.4, 0.5) is 10.5 Å². The number of nitrogens with zero attached hydrogens (tertiary/aromatic N) is 1. The van der Waals surface area contributed by atoms with Crippen molar-refractivity contribution in [2.45, 2.75) is 6.92 Å². The highest BCUT2D eigenvalue weighted by atomic mass is 127. The number of para-hydroxylation sites is 1. The molecule has 1 aliphatic heterocycles. The van der Waals surface area contributed by atoms with Gasteiger partial charge < -0.3 is 5.32 Å². The summed E-state index contributed by atoms with van der Waals surface area (Å²) in [6.45, 7) is 1.57. The van der Waals surface area contributed by atoms with Gasteiger partial charge >= 0.3 is 0 Å². The standard InChI is InChI=1S/C19H15IN2O3S/c1-12-6-2-5-9-15(12)21-17(23)11-22-18(24)16(26-19(22)25)10-13-7-3-4-8-14(13)20/h2-10H,11H2,1H3,(H,21,23)/b16-10-. The summed E-state index contributed by atoms with van der Waals surface area (Å²) < 4.78 is 0.981. The minimum atomic E-state index is -0.445. The van der Waals surface area contributed by atoms with Gasteiger partial charge in [-0.15, -0.1) is 0 Å². The number of anilines is 1. The SMILES string of the molecule is Cc1ccccc1NC(=O)CN1C(=O)S/C(=C\c2ccccc2I)C1=O. The van der Waals surface area contributed by atoms with Gasteiger partial charge in [0.1, 0.15) is 6.54 Å². The van der Waals surface area contributed by atoms with Crippen LogP contribution in [0.15, 0.2) is 53.4 Å². The predicted octanol–water partition coefficient (Wildman–Crippen LogP) is 4.27. The zero-order valence-corrected chi connectivity index (χ0v) is 16.8. The molecule has 1 N–H and O–H groups in total. The summed E-state index contributed by atoms with van der Waals surface area (Å²) in [5.74, 6) is -0.850. The van der Waals surface area contributed by atoms with Crippen LogP contribution in [-0.2, 0) is 9.59 Å². The molecule has 2 aromatic rings. The van der Waals surface area contributed by atoms with E-state index in [9.17, 15) is 14.4 Å². The van der Waals surface area contributed by atoms with Gasteiger partial charge in [0.15, 0.2) is 0 Å². The molecule has 26 heavy (non-hydrogen) atoms. The lowest BCUT2D eigenvalue weighted by atomic mass is 10.2. The largest absolute Gasteiger partial charge is 0.324 e. The van der Waals surface area contributed by atoms with Gasteiger partial charge in [-0.1, -0.05) is 36.4 Å². The number of amides is 3. The van der Waals surface area contributed by atoms with Gasteiger partial charge in [-0.3, -0.25) is 19.3 Å². The molecule has 0 radical (unpaired) electrons. The van der Waals surface area contributed by atoms with E-state index in [1.165, 1.54) is 0 Å². The van der Waals surface area contributed by atoms with Crippen molar-refractivity contribution in [2.24, 2.45) is 0 Å². The first-order chi connectivity index (χ1) is 12.5. The van der Waals surface area contributed by atoms with Gasteiger partial charge in [0.2, 0.25) is 5.91 Å². The number of aryl methyl sites for hydroxylation is 1. The third-order valence-corrected chi connectivity index (χ3v) is 5.68. The number of hydrogen-bond acceptors (Lipinski definition) is 4. The van der Waals surface area contributed by atoms with E-state index >= 15 is 0 Å². The van der Waals surface area contributed by atoms with Crippen molar-refractivity contribution in [3.05, 3.63) is 68.1 Å². The lowest BCUT2D eigenvalue weighted by molar-refractivity contribution is -0.127. The fraction of sp³-hybridized carbons (Fsp3) is 0.105. The average molecular weight is 478 g/mol. The van der Waals surface area contributed by atoms with Crippen LogP contribution in [-0.4, -0.2) is 28.5 Å². The van der Waals surface area contributed by atoms with Crippen molar-refractivity contribution in [2.75, 3.05) is 11.9 Å². The molecule has 7 heteroatoms. The minimum Gasteiger partial charge on any atom is -0.324 e. The summed E-state index contributed by atoms with van der Waals surface area (Å²) in [6.07, 6.45) is 1.69. The molecule has 3 rings (SSSR count). The lowest BCUT2D eigenvalue weighted by Gasteiger charge is -2.13. The molecule has 0 spiro atoms. The van der Waals surface area contributed by atoms with Crippen LogP contribution in [0.1, 0.15) is 11.1 Å². The molecule has 0 aliphatic carbocycles. The van der Waals surface area contributed by atoms with E-state index < -0.39 is 17.1 Å². The Hall–Kier alpha value is -2.13. The smallest absolute Gasteiger partial charge is 0.294 e. The first-order valence-electron chi connectivity index (χ1n) is 7.81. The maximum Gasteiger partial charge on any atom is 0.294 e.